The van der Waals surface area contributed by atoms with Gasteiger partial charge in [0.05, 0.1) is 12.0 Å². The van der Waals surface area contributed by atoms with Crippen molar-refractivity contribution in [1.29, 1.82) is 0 Å². The van der Waals surface area contributed by atoms with Crippen LogP contribution in [0.3, 0.4) is 0 Å². The van der Waals surface area contributed by atoms with Crippen LogP contribution in [0.4, 0.5) is 0 Å². The highest BCUT2D eigenvalue weighted by molar-refractivity contribution is 9.10. The Morgan fingerprint density at radius 3 is 3.06 bits per heavy atom. The fraction of sp³-hybridized carbons (Fsp3) is 0.417. The predicted octanol–water partition coefficient (Wildman–Crippen LogP) is 3.41. The van der Waals surface area contributed by atoms with E-state index >= 15 is 0 Å². The maximum atomic E-state index is 4.19. The second-order valence-electron chi connectivity index (χ2n) is 3.87. The van der Waals surface area contributed by atoms with Gasteiger partial charge < -0.3 is 9.88 Å². The van der Waals surface area contributed by atoms with Crippen LogP contribution >= 0.6 is 27.3 Å². The molecule has 0 saturated carbocycles. The summed E-state index contributed by atoms with van der Waals surface area (Å²) in [5.41, 5.74) is 1.25. The van der Waals surface area contributed by atoms with Gasteiger partial charge in [-0.15, -0.1) is 11.3 Å². The van der Waals surface area contributed by atoms with Crippen molar-refractivity contribution in [2.45, 2.75) is 33.0 Å². The van der Waals surface area contributed by atoms with Gasteiger partial charge in [-0.1, -0.05) is 6.92 Å². The fourth-order valence-corrected chi connectivity index (χ4v) is 3.16. The first-order valence-electron chi connectivity index (χ1n) is 5.73. The summed E-state index contributed by atoms with van der Waals surface area (Å²) < 4.78 is 3.40. The number of rotatable bonds is 6. The Hall–Kier alpha value is -0.650. The van der Waals surface area contributed by atoms with Gasteiger partial charge in [-0.25, -0.2) is 4.98 Å². The number of imidazole rings is 1. The average Bonchev–Trinajstić information content (AvgIpc) is 2.90. The lowest BCUT2D eigenvalue weighted by atomic mass is 10.4. The van der Waals surface area contributed by atoms with Crippen LogP contribution in [0, 0.1) is 0 Å². The quantitative estimate of drug-likeness (QED) is 0.885. The minimum absolute atomic E-state index is 0.865. The molecule has 3 nitrogen and oxygen atoms in total. The highest BCUT2D eigenvalue weighted by atomic mass is 79.9. The van der Waals surface area contributed by atoms with Crippen molar-refractivity contribution in [3.8, 4) is 0 Å². The molecule has 5 heteroatoms. The lowest BCUT2D eigenvalue weighted by Gasteiger charge is -2.07. The number of hydrogen-bond donors (Lipinski definition) is 1. The van der Waals surface area contributed by atoms with E-state index < -0.39 is 0 Å². The standard InChI is InChI=1S/C12H16BrN3S/c1-2-4-16-9-15-7-10(16)6-14-8-12-11(13)3-5-17-12/h3,5,7,9,14H,2,4,6,8H2,1H3. The van der Waals surface area contributed by atoms with Crippen molar-refractivity contribution in [2.75, 3.05) is 0 Å². The number of aryl methyl sites for hydroxylation is 1. The Bertz CT molecular complexity index is 464. The maximum Gasteiger partial charge on any atom is 0.0948 e. The zero-order valence-corrected chi connectivity index (χ0v) is 12.2. The molecule has 0 aliphatic rings. The van der Waals surface area contributed by atoms with Crippen molar-refractivity contribution in [3.05, 3.63) is 39.0 Å². The number of halogens is 1. The second-order valence-corrected chi connectivity index (χ2v) is 5.73. The molecule has 2 heterocycles. The Kier molecular flexibility index (Phi) is 4.76. The maximum absolute atomic E-state index is 4.19. The number of aromatic nitrogens is 2. The third kappa shape index (κ3) is 3.40. The van der Waals surface area contributed by atoms with Gasteiger partial charge in [0.15, 0.2) is 0 Å². The van der Waals surface area contributed by atoms with Gasteiger partial charge in [-0.3, -0.25) is 0 Å². The summed E-state index contributed by atoms with van der Waals surface area (Å²) in [5, 5.41) is 5.55. The zero-order valence-electron chi connectivity index (χ0n) is 9.82. The Labute approximate surface area is 114 Å². The van der Waals surface area contributed by atoms with E-state index in [1.807, 2.05) is 12.5 Å². The number of nitrogens with one attached hydrogen (secondary N) is 1. The van der Waals surface area contributed by atoms with Crippen LogP contribution in [0.25, 0.3) is 0 Å². The molecule has 2 rings (SSSR count). The van der Waals surface area contributed by atoms with E-state index in [0.717, 1.165) is 26.1 Å². The highest BCUT2D eigenvalue weighted by Gasteiger charge is 2.03. The Morgan fingerprint density at radius 1 is 1.47 bits per heavy atom. The summed E-state index contributed by atoms with van der Waals surface area (Å²) in [6.07, 6.45) is 4.98. The minimum atomic E-state index is 0.865. The molecule has 0 fully saturated rings. The Balaban J connectivity index is 1.86. The number of nitrogens with zero attached hydrogens (tertiary/aromatic N) is 2. The molecule has 92 valence electrons. The minimum Gasteiger partial charge on any atom is -0.333 e. The first kappa shape index (κ1) is 12.8. The van der Waals surface area contributed by atoms with E-state index in [2.05, 4.69) is 49.2 Å². The number of thiophene rings is 1. The molecule has 0 aliphatic carbocycles. The van der Waals surface area contributed by atoms with Crippen LogP contribution in [0.15, 0.2) is 28.4 Å². The van der Waals surface area contributed by atoms with E-state index in [4.69, 9.17) is 0 Å². The highest BCUT2D eigenvalue weighted by Crippen LogP contribution is 2.22. The van der Waals surface area contributed by atoms with E-state index in [0.29, 0.717) is 0 Å². The third-order valence-electron chi connectivity index (χ3n) is 2.55. The smallest absolute Gasteiger partial charge is 0.0948 e. The third-order valence-corrected chi connectivity index (χ3v) is 4.47. The van der Waals surface area contributed by atoms with Crippen molar-refractivity contribution in [3.63, 3.8) is 0 Å². The molecule has 0 aliphatic heterocycles. The van der Waals surface area contributed by atoms with Gasteiger partial charge >= 0.3 is 0 Å². The van der Waals surface area contributed by atoms with E-state index in [1.165, 1.54) is 15.0 Å². The van der Waals surface area contributed by atoms with Crippen LogP contribution in [-0.4, -0.2) is 9.55 Å². The molecule has 0 radical (unpaired) electrons. The molecule has 17 heavy (non-hydrogen) atoms. The van der Waals surface area contributed by atoms with Crippen molar-refractivity contribution >= 4 is 27.3 Å². The van der Waals surface area contributed by atoms with Crippen LogP contribution in [-0.2, 0) is 19.6 Å². The van der Waals surface area contributed by atoms with E-state index in [-0.39, 0.29) is 0 Å². The normalized spacial score (nSPS) is 10.9. The first-order chi connectivity index (χ1) is 8.31. The lowest BCUT2D eigenvalue weighted by Crippen LogP contribution is -2.15. The SMILES string of the molecule is CCCn1cncc1CNCc1sccc1Br. The topological polar surface area (TPSA) is 29.9 Å². The van der Waals surface area contributed by atoms with Crippen LogP contribution in [0.2, 0.25) is 0 Å². The van der Waals surface area contributed by atoms with E-state index in [1.54, 1.807) is 11.3 Å². The van der Waals surface area contributed by atoms with Crippen LogP contribution < -0.4 is 5.32 Å². The molecule has 2 aromatic heterocycles. The first-order valence-corrected chi connectivity index (χ1v) is 7.40. The largest absolute Gasteiger partial charge is 0.333 e. The zero-order chi connectivity index (χ0) is 12.1. The molecule has 0 unspecified atom stereocenters. The van der Waals surface area contributed by atoms with Crippen molar-refractivity contribution < 1.29 is 0 Å². The molecule has 0 atom stereocenters. The molecular weight excluding hydrogens is 298 g/mol. The molecule has 0 saturated heterocycles. The van der Waals surface area contributed by atoms with Gasteiger partial charge in [0.2, 0.25) is 0 Å². The van der Waals surface area contributed by atoms with Gasteiger partial charge in [0, 0.05) is 35.2 Å². The monoisotopic (exact) mass is 313 g/mol. The summed E-state index contributed by atoms with van der Waals surface area (Å²) >= 11 is 5.31. The van der Waals surface area contributed by atoms with Crippen LogP contribution in [0.1, 0.15) is 23.9 Å². The summed E-state index contributed by atoms with van der Waals surface area (Å²) in [7, 11) is 0. The van der Waals surface area contributed by atoms with Crippen molar-refractivity contribution in [2.24, 2.45) is 0 Å². The Morgan fingerprint density at radius 2 is 2.35 bits per heavy atom. The average molecular weight is 314 g/mol. The predicted molar refractivity (Wildman–Crippen MR) is 75.1 cm³/mol. The van der Waals surface area contributed by atoms with Gasteiger partial charge in [-0.2, -0.15) is 0 Å². The molecule has 0 spiro atoms. The van der Waals surface area contributed by atoms with Crippen LogP contribution in [0.5, 0.6) is 0 Å². The summed E-state index contributed by atoms with van der Waals surface area (Å²) in [4.78, 5) is 5.53. The molecule has 0 aromatic carbocycles. The molecular formula is C12H16BrN3S. The fourth-order valence-electron chi connectivity index (χ4n) is 1.69. The molecule has 0 bridgehead atoms. The molecule has 2 aromatic rings. The summed E-state index contributed by atoms with van der Waals surface area (Å²) in [5.74, 6) is 0. The molecule has 0 amide bonds. The number of hydrogen-bond acceptors (Lipinski definition) is 3. The van der Waals surface area contributed by atoms with Gasteiger partial charge in [0.1, 0.15) is 0 Å². The van der Waals surface area contributed by atoms with Crippen molar-refractivity contribution in [1.82, 2.24) is 14.9 Å². The summed E-state index contributed by atoms with van der Waals surface area (Å²) in [6, 6.07) is 2.09. The molecule has 1 N–H and O–H groups in total. The van der Waals surface area contributed by atoms with Gasteiger partial charge in [0.25, 0.3) is 0 Å². The summed E-state index contributed by atoms with van der Waals surface area (Å²) in [6.45, 7) is 4.99. The van der Waals surface area contributed by atoms with E-state index in [9.17, 15) is 0 Å². The lowest BCUT2D eigenvalue weighted by molar-refractivity contribution is 0.603. The second kappa shape index (κ2) is 6.33. The van der Waals surface area contributed by atoms with Gasteiger partial charge in [-0.05, 0) is 33.8 Å².